The van der Waals surface area contributed by atoms with Crippen molar-refractivity contribution < 1.29 is 13.2 Å². The first-order valence-electron chi connectivity index (χ1n) is 11.8. The summed E-state index contributed by atoms with van der Waals surface area (Å²) >= 11 is 0. The lowest BCUT2D eigenvalue weighted by molar-refractivity contribution is -0.125. The molecule has 0 aliphatic carbocycles. The van der Waals surface area contributed by atoms with Gasteiger partial charge in [0.15, 0.2) is 0 Å². The van der Waals surface area contributed by atoms with Gasteiger partial charge < -0.3 is 10.2 Å². The predicted molar refractivity (Wildman–Crippen MR) is 127 cm³/mol. The largest absolute Gasteiger partial charge is 0.356 e. The number of aromatic nitrogens is 1. The molecule has 0 spiro atoms. The number of rotatable bonds is 6. The summed E-state index contributed by atoms with van der Waals surface area (Å²) in [5.74, 6) is 0.926. The number of nitrogens with zero attached hydrogens (tertiary/aromatic N) is 3. The molecule has 0 unspecified atom stereocenters. The summed E-state index contributed by atoms with van der Waals surface area (Å²) in [6.45, 7) is 6.81. The first-order valence-corrected chi connectivity index (χ1v) is 13.3. The number of benzene rings is 1. The lowest BCUT2D eigenvalue weighted by Gasteiger charge is -2.33. The molecule has 7 nitrogen and oxygen atoms in total. The number of carbonyl (C=O) groups is 1. The second kappa shape index (κ2) is 9.75. The molecule has 2 aliphatic heterocycles. The van der Waals surface area contributed by atoms with Gasteiger partial charge in [-0.3, -0.25) is 4.79 Å². The van der Waals surface area contributed by atoms with E-state index in [1.165, 1.54) is 0 Å². The van der Waals surface area contributed by atoms with Crippen LogP contribution in [0.5, 0.6) is 0 Å². The van der Waals surface area contributed by atoms with E-state index in [1.54, 1.807) is 22.5 Å². The molecule has 2 aliphatic rings. The molecule has 2 fully saturated rings. The van der Waals surface area contributed by atoms with Crippen LogP contribution in [0.2, 0.25) is 0 Å². The summed E-state index contributed by atoms with van der Waals surface area (Å²) in [4.78, 5) is 19.9. The second-order valence-electron chi connectivity index (χ2n) is 9.09. The molecule has 1 amide bonds. The van der Waals surface area contributed by atoms with Crippen molar-refractivity contribution >= 4 is 32.7 Å². The van der Waals surface area contributed by atoms with Crippen molar-refractivity contribution in [3.8, 4) is 0 Å². The van der Waals surface area contributed by atoms with Crippen LogP contribution in [-0.4, -0.2) is 55.8 Å². The Bertz CT molecular complexity index is 1070. The van der Waals surface area contributed by atoms with Gasteiger partial charge in [-0.05, 0) is 69.4 Å². The van der Waals surface area contributed by atoms with Gasteiger partial charge in [0.1, 0.15) is 5.82 Å². The Labute approximate surface area is 191 Å². The van der Waals surface area contributed by atoms with E-state index in [2.05, 4.69) is 17.1 Å². The van der Waals surface area contributed by atoms with Gasteiger partial charge in [0.05, 0.1) is 16.3 Å². The molecule has 0 saturated carbocycles. The topological polar surface area (TPSA) is 82.6 Å². The average molecular weight is 459 g/mol. The molecular weight excluding hydrogens is 424 g/mol. The van der Waals surface area contributed by atoms with Gasteiger partial charge >= 0.3 is 0 Å². The Morgan fingerprint density at radius 3 is 2.66 bits per heavy atom. The minimum Gasteiger partial charge on any atom is -0.356 e. The van der Waals surface area contributed by atoms with E-state index >= 15 is 0 Å². The molecule has 3 heterocycles. The van der Waals surface area contributed by atoms with Crippen molar-refractivity contribution in [2.75, 3.05) is 31.1 Å². The van der Waals surface area contributed by atoms with Crippen LogP contribution in [0.4, 0.5) is 5.82 Å². The average Bonchev–Trinajstić information content (AvgIpc) is 2.83. The number of hydrogen-bond acceptors (Lipinski definition) is 5. The Hall–Kier alpha value is -2.19. The van der Waals surface area contributed by atoms with Gasteiger partial charge in [0.2, 0.25) is 15.9 Å². The van der Waals surface area contributed by atoms with E-state index in [-0.39, 0.29) is 17.9 Å². The molecule has 1 aromatic heterocycles. The second-order valence-corrected chi connectivity index (χ2v) is 11.0. The lowest BCUT2D eigenvalue weighted by atomic mass is 9.96. The molecule has 1 aromatic carbocycles. The zero-order valence-electron chi connectivity index (χ0n) is 19.1. The van der Waals surface area contributed by atoms with Crippen LogP contribution in [0.15, 0.2) is 35.2 Å². The van der Waals surface area contributed by atoms with Crippen molar-refractivity contribution in [2.24, 2.45) is 5.92 Å². The third-order valence-corrected chi connectivity index (χ3v) is 8.61. The third kappa shape index (κ3) is 4.91. The molecular formula is C24H34N4O3S. The Morgan fingerprint density at radius 1 is 1.12 bits per heavy atom. The van der Waals surface area contributed by atoms with Crippen LogP contribution in [0.1, 0.15) is 52.4 Å². The molecule has 2 atom stereocenters. The number of amides is 1. The summed E-state index contributed by atoms with van der Waals surface area (Å²) in [6, 6.07) is 9.26. The van der Waals surface area contributed by atoms with Crippen molar-refractivity contribution in [1.82, 2.24) is 14.6 Å². The van der Waals surface area contributed by atoms with E-state index in [0.29, 0.717) is 24.5 Å². The first kappa shape index (κ1) is 23.0. The summed E-state index contributed by atoms with van der Waals surface area (Å²) in [5, 5.41) is 3.92. The van der Waals surface area contributed by atoms with Crippen molar-refractivity contribution in [3.63, 3.8) is 0 Å². The number of piperidine rings is 2. The smallest absolute Gasteiger partial charge is 0.243 e. The van der Waals surface area contributed by atoms with Crippen LogP contribution in [-0.2, 0) is 14.8 Å². The molecule has 174 valence electrons. The monoisotopic (exact) mass is 458 g/mol. The van der Waals surface area contributed by atoms with Crippen LogP contribution in [0, 0.1) is 5.92 Å². The molecule has 32 heavy (non-hydrogen) atoms. The molecule has 0 radical (unpaired) electrons. The minimum absolute atomic E-state index is 0.0349. The van der Waals surface area contributed by atoms with Gasteiger partial charge in [0, 0.05) is 37.6 Å². The van der Waals surface area contributed by atoms with E-state index in [4.69, 9.17) is 4.98 Å². The molecule has 0 bridgehead atoms. The quantitative estimate of drug-likeness (QED) is 0.716. The molecule has 2 saturated heterocycles. The SMILES string of the molecule is CC[C@@H](C)NC(=O)[C@@H]1CCCN(c2ccc3cc(S(=O)(=O)N4CCCCC4)ccc3n2)C1. The van der Waals surface area contributed by atoms with Gasteiger partial charge in [0.25, 0.3) is 0 Å². The highest BCUT2D eigenvalue weighted by atomic mass is 32.2. The van der Waals surface area contributed by atoms with Gasteiger partial charge in [-0.2, -0.15) is 4.31 Å². The van der Waals surface area contributed by atoms with Crippen molar-refractivity contribution in [3.05, 3.63) is 30.3 Å². The first-order chi connectivity index (χ1) is 15.4. The number of hydrogen-bond donors (Lipinski definition) is 1. The van der Waals surface area contributed by atoms with Gasteiger partial charge in [-0.1, -0.05) is 13.3 Å². The third-order valence-electron chi connectivity index (χ3n) is 6.72. The zero-order valence-corrected chi connectivity index (χ0v) is 19.9. The van der Waals surface area contributed by atoms with Crippen LogP contribution < -0.4 is 10.2 Å². The van der Waals surface area contributed by atoms with Crippen LogP contribution >= 0.6 is 0 Å². The summed E-state index contributed by atoms with van der Waals surface area (Å²) < 4.78 is 27.6. The molecule has 2 aromatic rings. The normalized spacial score (nSPS) is 21.4. The van der Waals surface area contributed by atoms with E-state index in [0.717, 1.165) is 61.8 Å². The summed E-state index contributed by atoms with van der Waals surface area (Å²) in [7, 11) is -3.46. The van der Waals surface area contributed by atoms with Crippen LogP contribution in [0.25, 0.3) is 10.9 Å². The number of pyridine rings is 1. The fraction of sp³-hybridized carbons (Fsp3) is 0.583. The van der Waals surface area contributed by atoms with Gasteiger partial charge in [-0.25, -0.2) is 13.4 Å². The minimum atomic E-state index is -3.46. The van der Waals surface area contributed by atoms with Crippen molar-refractivity contribution in [1.29, 1.82) is 0 Å². The summed E-state index contributed by atoms with van der Waals surface area (Å²) in [6.07, 6.45) is 5.69. The van der Waals surface area contributed by atoms with Crippen molar-refractivity contribution in [2.45, 2.75) is 63.3 Å². The molecule has 1 N–H and O–H groups in total. The molecule has 4 rings (SSSR count). The predicted octanol–water partition coefficient (Wildman–Crippen LogP) is 3.54. The number of sulfonamides is 1. The maximum Gasteiger partial charge on any atom is 0.243 e. The fourth-order valence-electron chi connectivity index (χ4n) is 4.55. The van der Waals surface area contributed by atoms with Gasteiger partial charge in [-0.15, -0.1) is 0 Å². The number of nitrogens with one attached hydrogen (secondary N) is 1. The fourth-order valence-corrected chi connectivity index (χ4v) is 6.10. The standard InChI is InChI=1S/C24H34N4O3S/c1-3-18(2)25-24(29)20-8-7-13-27(17-20)23-12-9-19-16-21(10-11-22(19)26-23)32(30,31)28-14-5-4-6-15-28/h9-12,16,18,20H,3-8,13-15,17H2,1-2H3,(H,25,29)/t18-,20-/m1/s1. The maximum absolute atomic E-state index is 13.0. The van der Waals surface area contributed by atoms with E-state index < -0.39 is 10.0 Å². The van der Waals surface area contributed by atoms with E-state index in [1.807, 2.05) is 19.1 Å². The highest BCUT2D eigenvalue weighted by molar-refractivity contribution is 7.89. The Balaban J connectivity index is 1.51. The number of anilines is 1. The highest BCUT2D eigenvalue weighted by Crippen LogP contribution is 2.27. The molecule has 8 heteroatoms. The lowest BCUT2D eigenvalue weighted by Crippen LogP contribution is -2.45. The highest BCUT2D eigenvalue weighted by Gasteiger charge is 2.28. The van der Waals surface area contributed by atoms with E-state index in [9.17, 15) is 13.2 Å². The number of carbonyl (C=O) groups excluding carboxylic acids is 1. The van der Waals surface area contributed by atoms with Crippen LogP contribution in [0.3, 0.4) is 0 Å². The summed E-state index contributed by atoms with van der Waals surface area (Å²) in [5.41, 5.74) is 0.770. The maximum atomic E-state index is 13.0. The Morgan fingerprint density at radius 2 is 1.91 bits per heavy atom. The number of fused-ring (bicyclic) bond motifs is 1. The Kier molecular flexibility index (Phi) is 7.00. The zero-order chi connectivity index (χ0) is 22.7.